The minimum absolute atomic E-state index is 0.291. The number of carbonyl (C=O) groups excluding carboxylic acids is 1. The molecule has 0 saturated heterocycles. The zero-order chi connectivity index (χ0) is 13.1. The smallest absolute Gasteiger partial charge is 0.410 e. The van der Waals surface area contributed by atoms with Gasteiger partial charge in [-0.2, -0.15) is 0 Å². The predicted octanol–water partition coefficient (Wildman–Crippen LogP) is 3.36. The molecule has 94 valence electrons. The van der Waals surface area contributed by atoms with Crippen molar-refractivity contribution in [1.29, 1.82) is 0 Å². The molecule has 0 aliphatic heterocycles. The number of hydrogen-bond acceptors (Lipinski definition) is 2. The summed E-state index contributed by atoms with van der Waals surface area (Å²) in [4.78, 5) is 13.4. The van der Waals surface area contributed by atoms with Gasteiger partial charge in [0.25, 0.3) is 0 Å². The van der Waals surface area contributed by atoms with Crippen LogP contribution in [0.2, 0.25) is 0 Å². The van der Waals surface area contributed by atoms with Gasteiger partial charge in [-0.1, -0.05) is 24.3 Å². The van der Waals surface area contributed by atoms with Crippen LogP contribution in [-0.2, 0) is 11.3 Å². The summed E-state index contributed by atoms with van der Waals surface area (Å²) in [6.45, 7) is 8.21. The molecule has 17 heavy (non-hydrogen) atoms. The van der Waals surface area contributed by atoms with Crippen LogP contribution in [0, 0.1) is 6.92 Å². The molecule has 0 radical (unpaired) electrons. The number of rotatable bonds is 2. The number of amides is 1. The van der Waals surface area contributed by atoms with Crippen LogP contribution < -0.4 is 0 Å². The summed E-state index contributed by atoms with van der Waals surface area (Å²) in [5.74, 6) is 0. The van der Waals surface area contributed by atoms with Crippen molar-refractivity contribution in [3.05, 3.63) is 35.4 Å². The molecule has 0 aliphatic rings. The molecule has 0 fully saturated rings. The van der Waals surface area contributed by atoms with Crippen LogP contribution in [-0.4, -0.2) is 23.6 Å². The van der Waals surface area contributed by atoms with Crippen LogP contribution in [0.3, 0.4) is 0 Å². The van der Waals surface area contributed by atoms with Crippen molar-refractivity contribution in [1.82, 2.24) is 4.90 Å². The SMILES string of the molecule is Cc1ccccc1CN(C)C(=O)OC(C)(C)C. The fourth-order valence-corrected chi connectivity index (χ4v) is 1.45. The quantitative estimate of drug-likeness (QED) is 0.786. The highest BCUT2D eigenvalue weighted by Gasteiger charge is 2.19. The topological polar surface area (TPSA) is 29.5 Å². The van der Waals surface area contributed by atoms with Gasteiger partial charge in [-0.05, 0) is 38.8 Å². The highest BCUT2D eigenvalue weighted by atomic mass is 16.6. The van der Waals surface area contributed by atoms with Crippen molar-refractivity contribution in [2.24, 2.45) is 0 Å². The second-order valence-electron chi connectivity index (χ2n) is 5.26. The van der Waals surface area contributed by atoms with Crippen molar-refractivity contribution < 1.29 is 9.53 Å². The van der Waals surface area contributed by atoms with E-state index in [-0.39, 0.29) is 6.09 Å². The average molecular weight is 235 g/mol. The molecule has 0 heterocycles. The lowest BCUT2D eigenvalue weighted by atomic mass is 10.1. The maximum atomic E-state index is 11.8. The summed E-state index contributed by atoms with van der Waals surface area (Å²) in [5, 5.41) is 0. The number of ether oxygens (including phenoxy) is 1. The van der Waals surface area contributed by atoms with Crippen molar-refractivity contribution in [2.45, 2.75) is 39.8 Å². The molecule has 3 heteroatoms. The molecule has 0 bridgehead atoms. The summed E-state index contributed by atoms with van der Waals surface area (Å²) in [5.41, 5.74) is 1.88. The molecule has 0 spiro atoms. The van der Waals surface area contributed by atoms with Gasteiger partial charge in [-0.3, -0.25) is 0 Å². The van der Waals surface area contributed by atoms with E-state index in [1.807, 2.05) is 52.0 Å². The second-order valence-corrected chi connectivity index (χ2v) is 5.26. The van der Waals surface area contributed by atoms with Crippen LogP contribution >= 0.6 is 0 Å². The van der Waals surface area contributed by atoms with Crippen molar-refractivity contribution in [3.8, 4) is 0 Å². The molecule has 0 saturated carbocycles. The zero-order valence-corrected chi connectivity index (χ0v) is 11.3. The number of hydrogen-bond donors (Lipinski definition) is 0. The van der Waals surface area contributed by atoms with Gasteiger partial charge < -0.3 is 9.64 Å². The van der Waals surface area contributed by atoms with Gasteiger partial charge in [-0.15, -0.1) is 0 Å². The number of carbonyl (C=O) groups is 1. The van der Waals surface area contributed by atoms with Gasteiger partial charge in [0.15, 0.2) is 0 Å². The number of nitrogens with zero attached hydrogens (tertiary/aromatic N) is 1. The van der Waals surface area contributed by atoms with Crippen LogP contribution in [0.15, 0.2) is 24.3 Å². The minimum atomic E-state index is -0.447. The van der Waals surface area contributed by atoms with E-state index in [2.05, 4.69) is 0 Å². The van der Waals surface area contributed by atoms with Crippen molar-refractivity contribution in [3.63, 3.8) is 0 Å². The first kappa shape index (κ1) is 13.6. The van der Waals surface area contributed by atoms with E-state index in [1.54, 1.807) is 11.9 Å². The van der Waals surface area contributed by atoms with Gasteiger partial charge >= 0.3 is 6.09 Å². The first-order valence-corrected chi connectivity index (χ1v) is 5.78. The highest BCUT2D eigenvalue weighted by Crippen LogP contribution is 2.13. The van der Waals surface area contributed by atoms with Gasteiger partial charge in [-0.25, -0.2) is 4.79 Å². The third-order valence-electron chi connectivity index (χ3n) is 2.37. The highest BCUT2D eigenvalue weighted by molar-refractivity contribution is 5.67. The number of aryl methyl sites for hydroxylation is 1. The van der Waals surface area contributed by atoms with Gasteiger partial charge in [0.1, 0.15) is 5.60 Å². The van der Waals surface area contributed by atoms with Crippen LogP contribution in [0.25, 0.3) is 0 Å². The summed E-state index contributed by atoms with van der Waals surface area (Å²) >= 11 is 0. The Labute approximate surface area is 103 Å². The van der Waals surface area contributed by atoms with E-state index in [1.165, 1.54) is 5.56 Å². The third-order valence-corrected chi connectivity index (χ3v) is 2.37. The minimum Gasteiger partial charge on any atom is -0.444 e. The largest absolute Gasteiger partial charge is 0.444 e. The van der Waals surface area contributed by atoms with E-state index in [9.17, 15) is 4.79 Å². The second kappa shape index (κ2) is 5.21. The summed E-state index contributed by atoms with van der Waals surface area (Å²) < 4.78 is 5.30. The molecule has 0 aliphatic carbocycles. The molecule has 1 amide bonds. The molecule has 0 atom stereocenters. The lowest BCUT2D eigenvalue weighted by molar-refractivity contribution is 0.0285. The van der Waals surface area contributed by atoms with Gasteiger partial charge in [0, 0.05) is 13.6 Å². The lowest BCUT2D eigenvalue weighted by Crippen LogP contribution is -2.33. The monoisotopic (exact) mass is 235 g/mol. The fraction of sp³-hybridized carbons (Fsp3) is 0.500. The molecule has 0 N–H and O–H groups in total. The predicted molar refractivity (Wildman–Crippen MR) is 68.9 cm³/mol. The fourth-order valence-electron chi connectivity index (χ4n) is 1.45. The van der Waals surface area contributed by atoms with Crippen molar-refractivity contribution in [2.75, 3.05) is 7.05 Å². The van der Waals surface area contributed by atoms with E-state index < -0.39 is 5.60 Å². The molecular formula is C14H21NO2. The average Bonchev–Trinajstić information content (AvgIpc) is 2.18. The molecule has 1 rings (SSSR count). The Balaban J connectivity index is 2.64. The number of benzene rings is 1. The zero-order valence-electron chi connectivity index (χ0n) is 11.3. The first-order valence-electron chi connectivity index (χ1n) is 5.78. The van der Waals surface area contributed by atoms with Crippen LogP contribution in [0.5, 0.6) is 0 Å². The van der Waals surface area contributed by atoms with Crippen LogP contribution in [0.1, 0.15) is 31.9 Å². The summed E-state index contributed by atoms with van der Waals surface area (Å²) in [6.07, 6.45) is -0.291. The maximum Gasteiger partial charge on any atom is 0.410 e. The lowest BCUT2D eigenvalue weighted by Gasteiger charge is -2.25. The molecule has 1 aromatic carbocycles. The molecular weight excluding hydrogens is 214 g/mol. The Bertz CT molecular complexity index is 393. The Hall–Kier alpha value is -1.51. The Kier molecular flexibility index (Phi) is 4.16. The maximum absolute atomic E-state index is 11.8. The van der Waals surface area contributed by atoms with Crippen molar-refractivity contribution >= 4 is 6.09 Å². The van der Waals surface area contributed by atoms with Crippen LogP contribution in [0.4, 0.5) is 4.79 Å². The third kappa shape index (κ3) is 4.47. The summed E-state index contributed by atoms with van der Waals surface area (Å²) in [6, 6.07) is 8.03. The van der Waals surface area contributed by atoms with E-state index in [0.29, 0.717) is 6.54 Å². The molecule has 1 aromatic rings. The Morgan fingerprint density at radius 2 is 1.88 bits per heavy atom. The van der Waals surface area contributed by atoms with E-state index in [0.717, 1.165) is 5.56 Å². The standard InChI is InChI=1S/C14H21NO2/c1-11-8-6-7-9-12(11)10-15(5)13(16)17-14(2,3)4/h6-9H,10H2,1-5H3. The van der Waals surface area contributed by atoms with Gasteiger partial charge in [0.2, 0.25) is 0 Å². The molecule has 0 aromatic heterocycles. The van der Waals surface area contributed by atoms with E-state index >= 15 is 0 Å². The molecule has 3 nitrogen and oxygen atoms in total. The normalized spacial score (nSPS) is 11.1. The Morgan fingerprint density at radius 3 is 2.41 bits per heavy atom. The van der Waals surface area contributed by atoms with E-state index in [4.69, 9.17) is 4.74 Å². The summed E-state index contributed by atoms with van der Waals surface area (Å²) in [7, 11) is 1.75. The molecule has 0 unspecified atom stereocenters. The Morgan fingerprint density at radius 1 is 1.29 bits per heavy atom. The van der Waals surface area contributed by atoms with Gasteiger partial charge in [0.05, 0.1) is 0 Å². The first-order chi connectivity index (χ1) is 7.79.